The molecule has 3 N–H and O–H groups in total. The molecule has 2 rings (SSSR count). The average Bonchev–Trinajstić information content (AvgIpc) is 2.95. The number of nitrogens with zero attached hydrogens (tertiary/aromatic N) is 2. The van der Waals surface area contributed by atoms with Gasteiger partial charge in [-0.1, -0.05) is 12.1 Å². The van der Waals surface area contributed by atoms with Crippen LogP contribution in [0.3, 0.4) is 0 Å². The van der Waals surface area contributed by atoms with Crippen molar-refractivity contribution >= 4 is 22.9 Å². The van der Waals surface area contributed by atoms with Crippen LogP contribution in [-0.2, 0) is 6.54 Å². The van der Waals surface area contributed by atoms with Gasteiger partial charge >= 0.3 is 0 Å². The number of carbonyl (C=O) groups excluding carboxylic acids is 1. The molecule has 0 radical (unpaired) electrons. The summed E-state index contributed by atoms with van der Waals surface area (Å²) >= 11 is 1.41. The van der Waals surface area contributed by atoms with E-state index >= 15 is 0 Å². The molecule has 0 aliphatic carbocycles. The summed E-state index contributed by atoms with van der Waals surface area (Å²) in [5.41, 5.74) is 8.35. The highest BCUT2D eigenvalue weighted by atomic mass is 32.1. The molecule has 21 heavy (non-hydrogen) atoms. The van der Waals surface area contributed by atoms with Crippen LogP contribution in [0.1, 0.15) is 34.0 Å². The maximum Gasteiger partial charge on any atom is 0.271 e. The number of nitrogens with one attached hydrogen (secondary N) is 1. The van der Waals surface area contributed by atoms with E-state index in [1.54, 1.807) is 5.38 Å². The first-order chi connectivity index (χ1) is 9.97. The molecule has 0 saturated heterocycles. The minimum atomic E-state index is -0.171. The Morgan fingerprint density at radius 2 is 2.05 bits per heavy atom. The average molecular weight is 304 g/mol. The van der Waals surface area contributed by atoms with Crippen LogP contribution in [0.25, 0.3) is 0 Å². The van der Waals surface area contributed by atoms with Gasteiger partial charge < -0.3 is 16.0 Å². The predicted octanol–water partition coefficient (Wildman–Crippen LogP) is 2.16. The minimum absolute atomic E-state index is 0.143. The van der Waals surface area contributed by atoms with Crippen molar-refractivity contribution in [2.75, 3.05) is 19.0 Å². The summed E-state index contributed by atoms with van der Waals surface area (Å²) in [5.74, 6) is -0.171. The number of hydrogen-bond acceptors (Lipinski definition) is 5. The maximum absolute atomic E-state index is 12.0. The Balaban J connectivity index is 1.94. The fraction of sp³-hybridized carbons (Fsp3) is 0.333. The molecule has 0 bridgehead atoms. The lowest BCUT2D eigenvalue weighted by molar-refractivity contribution is 0.0946. The van der Waals surface area contributed by atoms with Crippen LogP contribution in [0.5, 0.6) is 0 Å². The predicted molar refractivity (Wildman–Crippen MR) is 86.7 cm³/mol. The van der Waals surface area contributed by atoms with Crippen LogP contribution >= 0.6 is 11.3 Å². The zero-order valence-corrected chi connectivity index (χ0v) is 13.3. The number of carbonyl (C=O) groups is 1. The molecule has 112 valence electrons. The van der Waals surface area contributed by atoms with E-state index in [9.17, 15) is 4.79 Å². The van der Waals surface area contributed by atoms with Crippen molar-refractivity contribution in [2.24, 2.45) is 5.73 Å². The van der Waals surface area contributed by atoms with E-state index in [2.05, 4.69) is 10.3 Å². The summed E-state index contributed by atoms with van der Waals surface area (Å²) in [6, 6.07) is 7.92. The number of rotatable bonds is 5. The van der Waals surface area contributed by atoms with Crippen molar-refractivity contribution in [3.63, 3.8) is 0 Å². The quantitative estimate of drug-likeness (QED) is 0.888. The number of amides is 1. The van der Waals surface area contributed by atoms with Crippen LogP contribution in [0.2, 0.25) is 0 Å². The molecular formula is C15H20N4OS. The lowest BCUT2D eigenvalue weighted by Gasteiger charge is -2.12. The summed E-state index contributed by atoms with van der Waals surface area (Å²) < 4.78 is 0. The second-order valence-corrected chi connectivity index (χ2v) is 5.99. The number of anilines is 1. The third-order valence-corrected chi connectivity index (χ3v) is 4.10. The molecule has 0 spiro atoms. The summed E-state index contributed by atoms with van der Waals surface area (Å²) in [6.07, 6.45) is 0. The molecular weight excluding hydrogens is 284 g/mol. The Bertz CT molecular complexity index is 604. The van der Waals surface area contributed by atoms with Gasteiger partial charge in [-0.05, 0) is 24.6 Å². The van der Waals surface area contributed by atoms with Gasteiger partial charge in [0.1, 0.15) is 10.7 Å². The van der Waals surface area contributed by atoms with Crippen molar-refractivity contribution in [3.05, 3.63) is 45.9 Å². The molecule has 5 nitrogen and oxygen atoms in total. The van der Waals surface area contributed by atoms with Crippen LogP contribution in [-0.4, -0.2) is 25.0 Å². The highest BCUT2D eigenvalue weighted by Gasteiger charge is 2.12. The van der Waals surface area contributed by atoms with Crippen molar-refractivity contribution in [1.29, 1.82) is 0 Å². The molecule has 0 fully saturated rings. The summed E-state index contributed by atoms with van der Waals surface area (Å²) in [7, 11) is 3.99. The first-order valence-electron chi connectivity index (χ1n) is 6.73. The van der Waals surface area contributed by atoms with Gasteiger partial charge in [0.25, 0.3) is 5.91 Å². The van der Waals surface area contributed by atoms with Gasteiger partial charge in [0.05, 0.1) is 6.04 Å². The SMILES string of the molecule is CC(N)c1nc(C(=O)NCc2ccc(N(C)C)cc2)cs1. The number of nitrogens with two attached hydrogens (primary N) is 1. The summed E-state index contributed by atoms with van der Waals surface area (Å²) in [4.78, 5) is 18.3. The van der Waals surface area contributed by atoms with Crippen LogP contribution < -0.4 is 16.0 Å². The fourth-order valence-corrected chi connectivity index (χ4v) is 2.54. The zero-order valence-electron chi connectivity index (χ0n) is 12.5. The van der Waals surface area contributed by atoms with Crippen molar-refractivity contribution in [3.8, 4) is 0 Å². The van der Waals surface area contributed by atoms with Gasteiger partial charge in [0, 0.05) is 31.7 Å². The monoisotopic (exact) mass is 304 g/mol. The van der Waals surface area contributed by atoms with E-state index in [0.717, 1.165) is 16.3 Å². The Kier molecular flexibility index (Phi) is 4.93. The smallest absolute Gasteiger partial charge is 0.271 e. The number of thiazole rings is 1. The Hall–Kier alpha value is -1.92. The number of hydrogen-bond donors (Lipinski definition) is 2. The number of benzene rings is 1. The molecule has 1 aromatic heterocycles. The van der Waals surface area contributed by atoms with Crippen molar-refractivity contribution in [2.45, 2.75) is 19.5 Å². The standard InChI is InChI=1S/C15H20N4OS/c1-10(16)15-18-13(9-21-15)14(20)17-8-11-4-6-12(7-5-11)19(2)3/h4-7,9-10H,8,16H2,1-3H3,(H,17,20). The highest BCUT2D eigenvalue weighted by molar-refractivity contribution is 7.09. The minimum Gasteiger partial charge on any atom is -0.378 e. The second-order valence-electron chi connectivity index (χ2n) is 5.10. The molecule has 2 aromatic rings. The zero-order chi connectivity index (χ0) is 15.4. The molecule has 1 aromatic carbocycles. The molecule has 1 amide bonds. The van der Waals surface area contributed by atoms with Crippen LogP contribution in [0.15, 0.2) is 29.6 Å². The second kappa shape index (κ2) is 6.69. The van der Waals surface area contributed by atoms with Gasteiger partial charge in [0.2, 0.25) is 0 Å². The van der Waals surface area contributed by atoms with E-state index in [0.29, 0.717) is 12.2 Å². The van der Waals surface area contributed by atoms with Gasteiger partial charge in [0.15, 0.2) is 0 Å². The van der Waals surface area contributed by atoms with Crippen molar-refractivity contribution < 1.29 is 4.79 Å². The van der Waals surface area contributed by atoms with Crippen LogP contribution in [0, 0.1) is 0 Å². The lowest BCUT2D eigenvalue weighted by atomic mass is 10.2. The molecule has 1 heterocycles. The van der Waals surface area contributed by atoms with Crippen LogP contribution in [0.4, 0.5) is 5.69 Å². The third kappa shape index (κ3) is 4.03. The van der Waals surface area contributed by atoms with E-state index in [1.807, 2.05) is 50.2 Å². The van der Waals surface area contributed by atoms with E-state index in [1.165, 1.54) is 11.3 Å². The van der Waals surface area contributed by atoms with Gasteiger partial charge in [-0.3, -0.25) is 4.79 Å². The fourth-order valence-electron chi connectivity index (χ4n) is 1.79. The molecule has 0 aliphatic heterocycles. The summed E-state index contributed by atoms with van der Waals surface area (Å²) in [5, 5.41) is 5.38. The van der Waals surface area contributed by atoms with E-state index in [-0.39, 0.29) is 11.9 Å². The Labute approximate surface area is 128 Å². The topological polar surface area (TPSA) is 71.2 Å². The summed E-state index contributed by atoms with van der Waals surface area (Å²) in [6.45, 7) is 2.34. The Morgan fingerprint density at radius 3 is 2.57 bits per heavy atom. The lowest BCUT2D eigenvalue weighted by Crippen LogP contribution is -2.23. The maximum atomic E-state index is 12.0. The normalized spacial score (nSPS) is 12.0. The first-order valence-corrected chi connectivity index (χ1v) is 7.61. The first kappa shape index (κ1) is 15.5. The molecule has 1 atom stereocenters. The third-order valence-electron chi connectivity index (χ3n) is 3.05. The van der Waals surface area contributed by atoms with Crippen molar-refractivity contribution in [1.82, 2.24) is 10.3 Å². The molecule has 0 saturated carbocycles. The number of aromatic nitrogens is 1. The van der Waals surface area contributed by atoms with Gasteiger partial charge in [-0.2, -0.15) is 0 Å². The van der Waals surface area contributed by atoms with Gasteiger partial charge in [-0.15, -0.1) is 11.3 Å². The highest BCUT2D eigenvalue weighted by Crippen LogP contribution is 2.16. The van der Waals surface area contributed by atoms with Gasteiger partial charge in [-0.25, -0.2) is 4.98 Å². The molecule has 1 unspecified atom stereocenters. The van der Waals surface area contributed by atoms with E-state index < -0.39 is 0 Å². The van der Waals surface area contributed by atoms with E-state index in [4.69, 9.17) is 5.73 Å². The molecule has 6 heteroatoms. The Morgan fingerprint density at radius 1 is 1.38 bits per heavy atom. The molecule has 0 aliphatic rings. The largest absolute Gasteiger partial charge is 0.378 e.